The van der Waals surface area contributed by atoms with Crippen LogP contribution in [0.25, 0.3) is 0 Å². The molecule has 15 nitrogen and oxygen atoms in total. The number of nitrogens with two attached hydrogens (primary N) is 1. The smallest absolute Gasteiger partial charge is 0.328 e. The van der Waals surface area contributed by atoms with Crippen LogP contribution in [0.3, 0.4) is 0 Å². The Morgan fingerprint density at radius 3 is 1.97 bits per heavy atom. The van der Waals surface area contributed by atoms with Gasteiger partial charge in [-0.25, -0.2) is 4.79 Å². The number of hydrogen-bond donors (Lipinski definition) is 3. The maximum absolute atomic E-state index is 14.4. The van der Waals surface area contributed by atoms with Crippen molar-refractivity contribution in [1.29, 1.82) is 0 Å². The van der Waals surface area contributed by atoms with E-state index >= 15 is 0 Å². The van der Waals surface area contributed by atoms with Gasteiger partial charge in [-0.1, -0.05) is 85.2 Å². The number of likely N-dealkylation sites (N-methyl/N-ethyl adjacent to an activating group) is 2. The Balaban J connectivity index is 2.31. The van der Waals surface area contributed by atoms with Gasteiger partial charge in [-0.05, 0) is 43.1 Å². The van der Waals surface area contributed by atoms with E-state index < -0.39 is 72.2 Å². The zero-order valence-corrected chi connectivity index (χ0v) is 37.2. The second-order valence-corrected chi connectivity index (χ2v) is 16.5. The van der Waals surface area contributed by atoms with Gasteiger partial charge in [0.05, 0.1) is 49.8 Å². The molecule has 0 saturated carbocycles. The number of rotatable bonds is 22. The van der Waals surface area contributed by atoms with Gasteiger partial charge in [0.2, 0.25) is 29.5 Å². The van der Waals surface area contributed by atoms with Crippen LogP contribution in [0.1, 0.15) is 86.6 Å². The third-order valence-electron chi connectivity index (χ3n) is 11.6. The van der Waals surface area contributed by atoms with Crippen molar-refractivity contribution in [2.75, 3.05) is 42.0 Å². The molecule has 0 aliphatic carbocycles. The lowest BCUT2D eigenvalue weighted by atomic mass is 9.89. The minimum Gasteiger partial charge on any atom is -0.467 e. The van der Waals surface area contributed by atoms with Crippen LogP contribution in [-0.4, -0.2) is 141 Å². The van der Waals surface area contributed by atoms with Gasteiger partial charge in [-0.15, -0.1) is 0 Å². The summed E-state index contributed by atoms with van der Waals surface area (Å²) in [7, 11) is 7.51. The molecule has 0 aromatic heterocycles. The van der Waals surface area contributed by atoms with E-state index in [0.29, 0.717) is 25.8 Å². The van der Waals surface area contributed by atoms with Gasteiger partial charge in [-0.3, -0.25) is 24.0 Å². The predicted molar refractivity (Wildman–Crippen MR) is 222 cm³/mol. The van der Waals surface area contributed by atoms with Gasteiger partial charge in [-0.2, -0.15) is 0 Å². The minimum atomic E-state index is -0.929. The molecule has 1 aromatic rings. The lowest BCUT2D eigenvalue weighted by Gasteiger charge is -2.41. The monoisotopic (exact) mass is 817 g/mol. The lowest BCUT2D eigenvalue weighted by Crippen LogP contribution is -2.61. The summed E-state index contributed by atoms with van der Waals surface area (Å²) in [6.07, 6.45) is 0.804. The lowest BCUT2D eigenvalue weighted by molar-refractivity contribution is -0.149. The topological polar surface area (TPSA) is 190 Å². The minimum absolute atomic E-state index is 0.0452. The third kappa shape index (κ3) is 13.0. The highest BCUT2D eigenvalue weighted by Crippen LogP contribution is 2.30. The number of nitrogens with one attached hydrogen (secondary N) is 2. The SMILES string of the molecule is CC[C@H](C)[C@@H]([C@@H](CC(=O)N1CCC[C@H]1[C@H](OC)[C@@H](C)C(=O)N[C@@H](Cc1ccccc1)C(=O)OC)OC)N(C)C(=O)[C@@H](NC(=O)[C@H](C(C)C)N(C)C(=O)[C@@H](C)N)C(C)C. The van der Waals surface area contributed by atoms with E-state index in [1.54, 1.807) is 30.7 Å². The normalized spacial score (nSPS) is 18.9. The van der Waals surface area contributed by atoms with Gasteiger partial charge >= 0.3 is 5.97 Å². The zero-order chi connectivity index (χ0) is 44.0. The summed E-state index contributed by atoms with van der Waals surface area (Å²) in [6.45, 7) is 15.1. The second-order valence-electron chi connectivity index (χ2n) is 16.5. The molecule has 328 valence electrons. The van der Waals surface area contributed by atoms with E-state index in [2.05, 4.69) is 10.6 Å². The summed E-state index contributed by atoms with van der Waals surface area (Å²) < 4.78 is 16.9. The van der Waals surface area contributed by atoms with Crippen molar-refractivity contribution in [3.8, 4) is 0 Å². The van der Waals surface area contributed by atoms with Crippen molar-refractivity contribution in [2.45, 2.75) is 136 Å². The zero-order valence-electron chi connectivity index (χ0n) is 37.2. The molecule has 10 atom stereocenters. The van der Waals surface area contributed by atoms with E-state index in [1.807, 2.05) is 71.9 Å². The maximum atomic E-state index is 14.4. The number of amides is 5. The van der Waals surface area contributed by atoms with Crippen molar-refractivity contribution in [1.82, 2.24) is 25.3 Å². The Labute approximate surface area is 346 Å². The average molecular weight is 817 g/mol. The van der Waals surface area contributed by atoms with Crippen LogP contribution >= 0.6 is 0 Å². The number of carbonyl (C=O) groups is 6. The van der Waals surface area contributed by atoms with Crippen molar-refractivity contribution >= 4 is 35.5 Å². The number of ether oxygens (including phenoxy) is 3. The molecule has 5 amide bonds. The molecule has 2 rings (SSSR count). The second kappa shape index (κ2) is 23.5. The molecular weight excluding hydrogens is 745 g/mol. The van der Waals surface area contributed by atoms with E-state index in [4.69, 9.17) is 19.9 Å². The van der Waals surface area contributed by atoms with Crippen LogP contribution in [0.4, 0.5) is 0 Å². The highest BCUT2D eigenvalue weighted by Gasteiger charge is 2.44. The van der Waals surface area contributed by atoms with Gasteiger partial charge in [0, 0.05) is 41.3 Å². The molecule has 1 heterocycles. The molecule has 1 aliphatic rings. The number of methoxy groups -OCH3 is 3. The standard InChI is InChI=1S/C43H72N6O9/c1-14-27(6)37(48(10)42(54)35(25(2)3)46-40(52)36(26(4)5)47(9)41(53)29(8)44)33(56-11)24-34(50)49-22-18-21-32(49)38(57-12)28(7)39(51)45-31(43(55)58-13)23-30-19-16-15-17-20-30/h15-17,19-20,25-29,31-33,35-38H,14,18,21-24,44H2,1-13H3,(H,45,51)(H,46,52)/t27-,28+,29+,31-,32-,33+,35-,36-,37-,38+/m0/s1. The molecule has 4 N–H and O–H groups in total. The Bertz CT molecular complexity index is 1510. The summed E-state index contributed by atoms with van der Waals surface area (Å²) in [4.78, 5) is 86.2. The summed E-state index contributed by atoms with van der Waals surface area (Å²) in [6, 6.07) is 4.87. The van der Waals surface area contributed by atoms with E-state index in [0.717, 1.165) is 5.56 Å². The van der Waals surface area contributed by atoms with E-state index in [1.165, 1.54) is 33.3 Å². The quantitative estimate of drug-likeness (QED) is 0.147. The first-order chi connectivity index (χ1) is 27.3. The van der Waals surface area contributed by atoms with E-state index in [-0.39, 0.29) is 48.3 Å². The third-order valence-corrected chi connectivity index (χ3v) is 11.6. The largest absolute Gasteiger partial charge is 0.467 e. The Morgan fingerprint density at radius 1 is 0.845 bits per heavy atom. The average Bonchev–Trinajstić information content (AvgIpc) is 3.68. The highest BCUT2D eigenvalue weighted by atomic mass is 16.5. The fourth-order valence-corrected chi connectivity index (χ4v) is 8.15. The first-order valence-electron chi connectivity index (χ1n) is 20.6. The van der Waals surface area contributed by atoms with Gasteiger partial charge in [0.25, 0.3) is 0 Å². The predicted octanol–water partition coefficient (Wildman–Crippen LogP) is 2.78. The number of hydrogen-bond acceptors (Lipinski definition) is 10. The number of benzene rings is 1. The van der Waals surface area contributed by atoms with Crippen molar-refractivity contribution in [3.63, 3.8) is 0 Å². The summed E-state index contributed by atoms with van der Waals surface area (Å²) in [5.41, 5.74) is 6.71. The molecule has 15 heteroatoms. The molecule has 1 aliphatic heterocycles. The molecule has 0 spiro atoms. The molecule has 1 fully saturated rings. The van der Waals surface area contributed by atoms with Crippen molar-refractivity contribution < 1.29 is 43.0 Å². The molecule has 1 saturated heterocycles. The number of likely N-dealkylation sites (tertiary alicyclic amines) is 1. The fraction of sp³-hybridized carbons (Fsp3) is 0.721. The molecular formula is C43H72N6O9. The Kier molecular flexibility index (Phi) is 20.3. The summed E-state index contributed by atoms with van der Waals surface area (Å²) in [5.74, 6) is -3.75. The van der Waals surface area contributed by atoms with Crippen LogP contribution in [0, 0.1) is 23.7 Å². The maximum Gasteiger partial charge on any atom is 0.328 e. The molecule has 0 unspecified atom stereocenters. The van der Waals surface area contributed by atoms with Crippen LogP contribution in [0.15, 0.2) is 30.3 Å². The van der Waals surface area contributed by atoms with Crippen LogP contribution in [-0.2, 0) is 49.4 Å². The van der Waals surface area contributed by atoms with Gasteiger partial charge < -0.3 is 45.3 Å². The van der Waals surface area contributed by atoms with Crippen LogP contribution in [0.2, 0.25) is 0 Å². The van der Waals surface area contributed by atoms with Crippen LogP contribution < -0.4 is 16.4 Å². The van der Waals surface area contributed by atoms with Gasteiger partial charge in [0.15, 0.2) is 0 Å². The van der Waals surface area contributed by atoms with Crippen molar-refractivity contribution in [3.05, 3.63) is 35.9 Å². The molecule has 58 heavy (non-hydrogen) atoms. The molecule has 0 bridgehead atoms. The number of esters is 1. The first-order valence-corrected chi connectivity index (χ1v) is 20.6. The number of nitrogens with zero attached hydrogens (tertiary/aromatic N) is 3. The summed E-state index contributed by atoms with van der Waals surface area (Å²) >= 11 is 0. The summed E-state index contributed by atoms with van der Waals surface area (Å²) in [5, 5.41) is 5.78. The van der Waals surface area contributed by atoms with Crippen LogP contribution in [0.5, 0.6) is 0 Å². The fourth-order valence-electron chi connectivity index (χ4n) is 8.15. The number of carbonyl (C=O) groups excluding carboxylic acids is 6. The van der Waals surface area contributed by atoms with E-state index in [9.17, 15) is 28.8 Å². The Morgan fingerprint density at radius 2 is 1.47 bits per heavy atom. The molecule has 0 radical (unpaired) electrons. The first kappa shape index (κ1) is 50.1. The highest BCUT2D eigenvalue weighted by molar-refractivity contribution is 5.93. The van der Waals surface area contributed by atoms with Gasteiger partial charge in [0.1, 0.15) is 18.1 Å². The Hall–Kier alpha value is -4.08. The molecule has 1 aromatic carbocycles. The van der Waals surface area contributed by atoms with Crippen molar-refractivity contribution in [2.24, 2.45) is 29.4 Å².